The first kappa shape index (κ1) is 19.0. The normalized spacial score (nSPS) is 21.6. The van der Waals surface area contributed by atoms with Gasteiger partial charge in [0.1, 0.15) is 0 Å². The monoisotopic (exact) mass is 312 g/mol. The number of hydrogen-bond donors (Lipinski definition) is 0. The average Bonchev–Trinajstić information content (AvgIpc) is 2.52. The van der Waals surface area contributed by atoms with Gasteiger partial charge in [0.15, 0.2) is 0 Å². The van der Waals surface area contributed by atoms with E-state index in [1.165, 1.54) is 26.4 Å². The summed E-state index contributed by atoms with van der Waals surface area (Å²) in [6.07, 6.45) is 8.83. The molecule has 4 heteroatoms. The summed E-state index contributed by atoms with van der Waals surface area (Å²) in [6, 6.07) is 0. The van der Waals surface area contributed by atoms with E-state index in [4.69, 9.17) is 9.47 Å². The number of unbranched alkanes of at least 4 members (excludes halogenated alkanes) is 3. The van der Waals surface area contributed by atoms with E-state index >= 15 is 0 Å². The van der Waals surface area contributed by atoms with Crippen molar-refractivity contribution in [2.24, 2.45) is 17.8 Å². The van der Waals surface area contributed by atoms with Crippen molar-refractivity contribution in [3.63, 3.8) is 0 Å². The third-order valence-corrected chi connectivity index (χ3v) is 4.52. The number of hydrogen-bond acceptors (Lipinski definition) is 4. The third kappa shape index (κ3) is 7.28. The molecule has 0 radical (unpaired) electrons. The minimum atomic E-state index is -0.145. The second-order valence-electron chi connectivity index (χ2n) is 6.84. The van der Waals surface area contributed by atoms with Crippen molar-refractivity contribution in [3.8, 4) is 0 Å². The van der Waals surface area contributed by atoms with Crippen molar-refractivity contribution in [2.75, 3.05) is 13.7 Å². The maximum atomic E-state index is 12.0. The lowest BCUT2D eigenvalue weighted by molar-refractivity contribution is -0.153. The summed E-state index contributed by atoms with van der Waals surface area (Å²) in [7, 11) is 1.42. The summed E-state index contributed by atoms with van der Waals surface area (Å²) >= 11 is 0. The number of methoxy groups -OCH3 is 1. The maximum absolute atomic E-state index is 12.0. The lowest BCUT2D eigenvalue weighted by Crippen LogP contribution is -2.28. The predicted molar refractivity (Wildman–Crippen MR) is 86.3 cm³/mol. The first-order valence-corrected chi connectivity index (χ1v) is 8.79. The Morgan fingerprint density at radius 1 is 0.909 bits per heavy atom. The smallest absolute Gasteiger partial charge is 0.308 e. The number of esters is 2. The van der Waals surface area contributed by atoms with Crippen LogP contribution in [0, 0.1) is 17.8 Å². The van der Waals surface area contributed by atoms with Crippen LogP contribution in [0.4, 0.5) is 0 Å². The fourth-order valence-corrected chi connectivity index (χ4v) is 3.03. The molecule has 0 heterocycles. The standard InChI is InChI=1S/C18H32O4/c1-14(2)8-6-4-5-7-13-22-18(20)16-11-9-15(10-12-16)17(19)21-3/h14-16H,4-13H2,1-3H3. The van der Waals surface area contributed by atoms with Crippen LogP contribution >= 0.6 is 0 Å². The van der Waals surface area contributed by atoms with E-state index in [0.717, 1.165) is 44.4 Å². The van der Waals surface area contributed by atoms with Gasteiger partial charge in [0.05, 0.1) is 25.6 Å². The SMILES string of the molecule is COC(=O)C1CCC(C(=O)OCCCCCCC(C)C)CC1. The lowest BCUT2D eigenvalue weighted by Gasteiger charge is -2.25. The van der Waals surface area contributed by atoms with Crippen molar-refractivity contribution in [1.29, 1.82) is 0 Å². The number of carbonyl (C=O) groups excluding carboxylic acids is 2. The summed E-state index contributed by atoms with van der Waals surface area (Å²) in [6.45, 7) is 5.03. The van der Waals surface area contributed by atoms with E-state index in [-0.39, 0.29) is 23.8 Å². The first-order valence-electron chi connectivity index (χ1n) is 8.79. The molecule has 1 aliphatic carbocycles. The summed E-state index contributed by atoms with van der Waals surface area (Å²) in [5.74, 6) is 0.494. The van der Waals surface area contributed by atoms with Gasteiger partial charge < -0.3 is 9.47 Å². The second-order valence-corrected chi connectivity index (χ2v) is 6.84. The van der Waals surface area contributed by atoms with Gasteiger partial charge in [-0.1, -0.05) is 39.5 Å². The molecule has 1 rings (SSSR count). The summed E-state index contributed by atoms with van der Waals surface area (Å²) < 4.78 is 10.1. The van der Waals surface area contributed by atoms with Gasteiger partial charge in [-0.15, -0.1) is 0 Å². The summed E-state index contributed by atoms with van der Waals surface area (Å²) in [5.41, 5.74) is 0. The van der Waals surface area contributed by atoms with Gasteiger partial charge >= 0.3 is 11.9 Å². The van der Waals surface area contributed by atoms with Crippen LogP contribution in [0.5, 0.6) is 0 Å². The molecule has 0 N–H and O–H groups in total. The Kier molecular flexibility index (Phi) is 9.17. The second kappa shape index (κ2) is 10.6. The molecule has 0 amide bonds. The van der Waals surface area contributed by atoms with Gasteiger partial charge in [-0.25, -0.2) is 0 Å². The van der Waals surface area contributed by atoms with Gasteiger partial charge in [0.25, 0.3) is 0 Å². The molecule has 0 saturated heterocycles. The summed E-state index contributed by atoms with van der Waals surface area (Å²) in [5, 5.41) is 0. The van der Waals surface area contributed by atoms with E-state index in [9.17, 15) is 9.59 Å². The van der Waals surface area contributed by atoms with Crippen LogP contribution in [0.3, 0.4) is 0 Å². The third-order valence-electron chi connectivity index (χ3n) is 4.52. The Morgan fingerprint density at radius 3 is 2.00 bits per heavy atom. The Bertz CT molecular complexity index is 330. The van der Waals surface area contributed by atoms with Gasteiger partial charge in [0, 0.05) is 0 Å². The van der Waals surface area contributed by atoms with Crippen LogP contribution in [0.25, 0.3) is 0 Å². The fraction of sp³-hybridized carbons (Fsp3) is 0.889. The molecule has 0 aromatic rings. The zero-order valence-electron chi connectivity index (χ0n) is 14.4. The quantitative estimate of drug-likeness (QED) is 0.475. The van der Waals surface area contributed by atoms with Crippen LogP contribution in [0.1, 0.15) is 71.6 Å². The highest BCUT2D eigenvalue weighted by atomic mass is 16.5. The first-order chi connectivity index (χ1) is 10.5. The average molecular weight is 312 g/mol. The summed E-state index contributed by atoms with van der Waals surface area (Å²) in [4.78, 5) is 23.4. The molecule has 1 fully saturated rings. The molecular weight excluding hydrogens is 280 g/mol. The Morgan fingerprint density at radius 2 is 1.45 bits per heavy atom. The molecule has 0 aliphatic heterocycles. The molecule has 0 spiro atoms. The molecule has 0 aromatic heterocycles. The van der Waals surface area contributed by atoms with Crippen molar-refractivity contribution in [3.05, 3.63) is 0 Å². The molecule has 0 aromatic carbocycles. The predicted octanol–water partition coefficient (Wildman–Crippen LogP) is 4.12. The highest BCUT2D eigenvalue weighted by Crippen LogP contribution is 2.30. The van der Waals surface area contributed by atoms with Crippen molar-refractivity contribution in [2.45, 2.75) is 71.6 Å². The van der Waals surface area contributed by atoms with Crippen LogP contribution < -0.4 is 0 Å². The molecule has 4 nitrogen and oxygen atoms in total. The zero-order chi connectivity index (χ0) is 16.4. The molecule has 128 valence electrons. The Labute approximate surface area is 134 Å². The number of rotatable bonds is 9. The number of carbonyl (C=O) groups is 2. The van der Waals surface area contributed by atoms with Gasteiger partial charge in [0.2, 0.25) is 0 Å². The minimum absolute atomic E-state index is 0.0261. The Balaban J connectivity index is 2.05. The van der Waals surface area contributed by atoms with Crippen LogP contribution in [-0.2, 0) is 19.1 Å². The van der Waals surface area contributed by atoms with Crippen LogP contribution in [0.2, 0.25) is 0 Å². The lowest BCUT2D eigenvalue weighted by atomic mass is 9.82. The van der Waals surface area contributed by atoms with E-state index in [1.54, 1.807) is 0 Å². The van der Waals surface area contributed by atoms with Gasteiger partial charge in [-0.05, 0) is 38.0 Å². The van der Waals surface area contributed by atoms with E-state index in [0.29, 0.717) is 6.61 Å². The Hall–Kier alpha value is -1.06. The molecule has 0 bridgehead atoms. The molecule has 22 heavy (non-hydrogen) atoms. The van der Waals surface area contributed by atoms with Crippen LogP contribution in [-0.4, -0.2) is 25.7 Å². The van der Waals surface area contributed by atoms with E-state index < -0.39 is 0 Å². The highest BCUT2D eigenvalue weighted by Gasteiger charge is 2.31. The molecular formula is C18H32O4. The largest absolute Gasteiger partial charge is 0.469 e. The molecule has 1 saturated carbocycles. The van der Waals surface area contributed by atoms with Crippen molar-refractivity contribution < 1.29 is 19.1 Å². The highest BCUT2D eigenvalue weighted by molar-refractivity contribution is 5.75. The van der Waals surface area contributed by atoms with Crippen LogP contribution in [0.15, 0.2) is 0 Å². The van der Waals surface area contributed by atoms with Crippen molar-refractivity contribution >= 4 is 11.9 Å². The zero-order valence-corrected chi connectivity index (χ0v) is 14.4. The topological polar surface area (TPSA) is 52.6 Å². The maximum Gasteiger partial charge on any atom is 0.308 e. The number of ether oxygens (including phenoxy) is 2. The van der Waals surface area contributed by atoms with E-state index in [1.807, 2.05) is 0 Å². The minimum Gasteiger partial charge on any atom is -0.469 e. The molecule has 0 atom stereocenters. The fourth-order valence-electron chi connectivity index (χ4n) is 3.03. The van der Waals surface area contributed by atoms with E-state index in [2.05, 4.69) is 13.8 Å². The van der Waals surface area contributed by atoms with Gasteiger partial charge in [-0.3, -0.25) is 9.59 Å². The van der Waals surface area contributed by atoms with Crippen molar-refractivity contribution in [1.82, 2.24) is 0 Å². The molecule has 0 unspecified atom stereocenters. The van der Waals surface area contributed by atoms with Gasteiger partial charge in [-0.2, -0.15) is 0 Å². The molecule has 1 aliphatic rings.